The molecule has 0 bridgehead atoms. The molecule has 2 nitrogen and oxygen atoms in total. The van der Waals surface area contributed by atoms with Crippen molar-refractivity contribution in [3.63, 3.8) is 0 Å². The lowest BCUT2D eigenvalue weighted by Crippen LogP contribution is -1.89. The van der Waals surface area contributed by atoms with Gasteiger partial charge in [-0.15, -0.1) is 23.5 Å². The Kier molecular flexibility index (Phi) is 4.91. The predicted octanol–water partition coefficient (Wildman–Crippen LogP) is 3.35. The molecule has 0 radical (unpaired) electrons. The normalized spacial score (nSPS) is 10.4. The van der Waals surface area contributed by atoms with E-state index in [9.17, 15) is 0 Å². The van der Waals surface area contributed by atoms with Crippen LogP contribution in [0.2, 0.25) is 5.02 Å². The van der Waals surface area contributed by atoms with Crippen molar-refractivity contribution in [3.05, 3.63) is 11.3 Å². The first-order valence-corrected chi connectivity index (χ1v) is 6.40. The Morgan fingerprint density at radius 3 is 2.00 bits per heavy atom. The van der Waals surface area contributed by atoms with Crippen LogP contribution in [-0.4, -0.2) is 21.5 Å². The van der Waals surface area contributed by atoms with Crippen LogP contribution in [0.4, 0.5) is 0 Å². The smallest absolute Gasteiger partial charge is 0.119 e. The average Bonchev–Trinajstić information content (AvgIpc) is 2.13. The number of rotatable bonds is 4. The van der Waals surface area contributed by atoms with Crippen LogP contribution in [0.5, 0.6) is 0 Å². The Morgan fingerprint density at radius 2 is 1.62 bits per heavy atom. The summed E-state index contributed by atoms with van der Waals surface area (Å²) in [5.74, 6) is 1.96. The van der Waals surface area contributed by atoms with Gasteiger partial charge in [-0.2, -0.15) is 0 Å². The van der Waals surface area contributed by atoms with Gasteiger partial charge in [-0.25, -0.2) is 9.97 Å². The molecule has 0 saturated carbocycles. The standard InChI is InChI=1S/C8H11ClN2S2/c1-3-12-7-6(9)8(13-4-2)11-5-10-7/h5H,3-4H2,1-2H3. The van der Waals surface area contributed by atoms with E-state index in [-0.39, 0.29) is 0 Å². The van der Waals surface area contributed by atoms with Crippen LogP contribution in [0.3, 0.4) is 0 Å². The highest BCUT2D eigenvalue weighted by atomic mass is 35.5. The zero-order chi connectivity index (χ0) is 9.68. The summed E-state index contributed by atoms with van der Waals surface area (Å²) in [7, 11) is 0. The van der Waals surface area contributed by atoms with Crippen LogP contribution < -0.4 is 0 Å². The first-order chi connectivity index (χ1) is 6.29. The van der Waals surface area contributed by atoms with Crippen molar-refractivity contribution in [1.29, 1.82) is 0 Å². The molecule has 5 heteroatoms. The molecule has 0 unspecified atom stereocenters. The third-order valence-electron chi connectivity index (χ3n) is 1.29. The van der Waals surface area contributed by atoms with Crippen molar-refractivity contribution in [1.82, 2.24) is 9.97 Å². The van der Waals surface area contributed by atoms with Gasteiger partial charge in [-0.05, 0) is 11.5 Å². The van der Waals surface area contributed by atoms with Crippen LogP contribution >= 0.6 is 35.1 Å². The van der Waals surface area contributed by atoms with Gasteiger partial charge in [0.15, 0.2) is 0 Å². The minimum absolute atomic E-state index is 0.696. The molecule has 0 aliphatic rings. The number of hydrogen-bond acceptors (Lipinski definition) is 4. The monoisotopic (exact) mass is 234 g/mol. The van der Waals surface area contributed by atoms with Crippen LogP contribution in [0, 0.1) is 0 Å². The molecule has 0 aromatic carbocycles. The molecule has 0 saturated heterocycles. The Labute approximate surface area is 91.9 Å². The number of aromatic nitrogens is 2. The molecule has 0 N–H and O–H groups in total. The SMILES string of the molecule is CCSc1ncnc(SCC)c1Cl. The van der Waals surface area contributed by atoms with Crippen LogP contribution in [-0.2, 0) is 0 Å². The highest BCUT2D eigenvalue weighted by Crippen LogP contribution is 2.31. The lowest BCUT2D eigenvalue weighted by Gasteiger charge is -2.04. The van der Waals surface area contributed by atoms with Crippen LogP contribution in [0.15, 0.2) is 16.4 Å². The quantitative estimate of drug-likeness (QED) is 0.590. The van der Waals surface area contributed by atoms with E-state index in [1.54, 1.807) is 29.9 Å². The fourth-order valence-electron chi connectivity index (χ4n) is 0.813. The molecule has 0 atom stereocenters. The van der Waals surface area contributed by atoms with Crippen molar-refractivity contribution in [2.75, 3.05) is 11.5 Å². The third kappa shape index (κ3) is 3.04. The zero-order valence-electron chi connectivity index (χ0n) is 7.58. The van der Waals surface area contributed by atoms with Gasteiger partial charge >= 0.3 is 0 Å². The molecule has 72 valence electrons. The van der Waals surface area contributed by atoms with Gasteiger partial charge in [0.05, 0.1) is 0 Å². The lowest BCUT2D eigenvalue weighted by molar-refractivity contribution is 0.964. The topological polar surface area (TPSA) is 25.8 Å². The number of hydrogen-bond donors (Lipinski definition) is 0. The van der Waals surface area contributed by atoms with Crippen LogP contribution in [0.1, 0.15) is 13.8 Å². The minimum Gasteiger partial charge on any atom is -0.228 e. The Balaban J connectivity index is 2.89. The second-order valence-electron chi connectivity index (χ2n) is 2.16. The second kappa shape index (κ2) is 5.73. The van der Waals surface area contributed by atoms with Gasteiger partial charge in [0.25, 0.3) is 0 Å². The summed E-state index contributed by atoms with van der Waals surface area (Å²) in [6.07, 6.45) is 1.57. The molecule has 1 rings (SSSR count). The largest absolute Gasteiger partial charge is 0.228 e. The van der Waals surface area contributed by atoms with Gasteiger partial charge in [0.1, 0.15) is 21.4 Å². The Bertz CT molecular complexity index is 257. The van der Waals surface area contributed by atoms with E-state index in [4.69, 9.17) is 11.6 Å². The summed E-state index contributed by atoms with van der Waals surface area (Å²) in [4.78, 5) is 8.23. The number of nitrogens with zero attached hydrogens (tertiary/aromatic N) is 2. The molecule has 0 fully saturated rings. The van der Waals surface area contributed by atoms with Gasteiger partial charge in [0, 0.05) is 0 Å². The zero-order valence-corrected chi connectivity index (χ0v) is 9.97. The minimum atomic E-state index is 0.696. The maximum Gasteiger partial charge on any atom is 0.119 e. The fraction of sp³-hybridized carbons (Fsp3) is 0.500. The number of halogens is 1. The van der Waals surface area contributed by atoms with E-state index in [0.29, 0.717) is 5.02 Å². The summed E-state index contributed by atoms with van der Waals surface area (Å²) >= 11 is 9.39. The summed E-state index contributed by atoms with van der Waals surface area (Å²) in [5, 5.41) is 2.46. The van der Waals surface area contributed by atoms with E-state index >= 15 is 0 Å². The third-order valence-corrected chi connectivity index (χ3v) is 3.61. The summed E-state index contributed by atoms with van der Waals surface area (Å²) in [6.45, 7) is 4.16. The molecular weight excluding hydrogens is 224 g/mol. The van der Waals surface area contributed by atoms with Gasteiger partial charge in [-0.3, -0.25) is 0 Å². The maximum atomic E-state index is 6.10. The molecular formula is C8H11ClN2S2. The van der Waals surface area contributed by atoms with Crippen molar-refractivity contribution >= 4 is 35.1 Å². The molecule has 0 spiro atoms. The molecule has 1 aromatic heterocycles. The molecule has 1 heterocycles. The van der Waals surface area contributed by atoms with E-state index in [1.165, 1.54) is 0 Å². The van der Waals surface area contributed by atoms with Gasteiger partial charge in [-0.1, -0.05) is 25.4 Å². The van der Waals surface area contributed by atoms with E-state index in [0.717, 1.165) is 21.6 Å². The van der Waals surface area contributed by atoms with Crippen molar-refractivity contribution < 1.29 is 0 Å². The Hall–Kier alpha value is 0.0700. The summed E-state index contributed by atoms with van der Waals surface area (Å²) < 4.78 is 0. The summed E-state index contributed by atoms with van der Waals surface area (Å²) in [5.41, 5.74) is 0. The second-order valence-corrected chi connectivity index (χ2v) is 5.05. The van der Waals surface area contributed by atoms with Gasteiger partial charge in [0.2, 0.25) is 0 Å². The molecule has 0 amide bonds. The van der Waals surface area contributed by atoms with Crippen molar-refractivity contribution in [2.24, 2.45) is 0 Å². The van der Waals surface area contributed by atoms with E-state index in [2.05, 4.69) is 23.8 Å². The Morgan fingerprint density at radius 1 is 1.15 bits per heavy atom. The highest BCUT2D eigenvalue weighted by molar-refractivity contribution is 8.00. The van der Waals surface area contributed by atoms with Crippen molar-refractivity contribution in [2.45, 2.75) is 23.9 Å². The lowest BCUT2D eigenvalue weighted by atomic mass is 10.7. The van der Waals surface area contributed by atoms with Crippen LogP contribution in [0.25, 0.3) is 0 Å². The van der Waals surface area contributed by atoms with E-state index < -0.39 is 0 Å². The molecule has 1 aromatic rings. The highest BCUT2D eigenvalue weighted by Gasteiger charge is 2.08. The van der Waals surface area contributed by atoms with Crippen molar-refractivity contribution in [3.8, 4) is 0 Å². The predicted molar refractivity (Wildman–Crippen MR) is 59.8 cm³/mol. The first kappa shape index (κ1) is 11.1. The number of thioether (sulfide) groups is 2. The van der Waals surface area contributed by atoms with Gasteiger partial charge < -0.3 is 0 Å². The fourth-order valence-corrected chi connectivity index (χ4v) is 2.54. The van der Waals surface area contributed by atoms with E-state index in [1.807, 2.05) is 0 Å². The first-order valence-electron chi connectivity index (χ1n) is 4.05. The summed E-state index contributed by atoms with van der Waals surface area (Å²) in [6, 6.07) is 0. The molecule has 13 heavy (non-hydrogen) atoms. The molecule has 0 aliphatic heterocycles. The molecule has 0 aliphatic carbocycles. The average molecular weight is 235 g/mol. The maximum absolute atomic E-state index is 6.10.